The molecule has 124 valence electrons. The Morgan fingerprint density at radius 1 is 1.38 bits per heavy atom. The number of benzene rings is 1. The first-order valence-corrected chi connectivity index (χ1v) is 8.75. The highest BCUT2D eigenvalue weighted by Crippen LogP contribution is 2.34. The molecule has 3 aromatic rings. The summed E-state index contributed by atoms with van der Waals surface area (Å²) in [5, 5.41) is 0.894. The number of aromatic nitrogens is 3. The molecule has 1 amide bonds. The Hall–Kier alpha value is -2.28. The fourth-order valence-corrected chi connectivity index (χ4v) is 4.19. The molecule has 1 aliphatic heterocycles. The number of amides is 1. The van der Waals surface area contributed by atoms with Crippen molar-refractivity contribution in [2.75, 3.05) is 6.54 Å². The van der Waals surface area contributed by atoms with Crippen molar-refractivity contribution < 1.29 is 9.18 Å². The smallest absolute Gasteiger partial charge is 0.266 e. The number of hydrogen-bond donors (Lipinski definition) is 1. The first kappa shape index (κ1) is 15.3. The predicted octanol–water partition coefficient (Wildman–Crippen LogP) is 3.75. The second-order valence-electron chi connectivity index (χ2n) is 6.09. The van der Waals surface area contributed by atoms with Crippen molar-refractivity contribution in [1.82, 2.24) is 19.9 Å². The van der Waals surface area contributed by atoms with Crippen molar-refractivity contribution in [1.29, 1.82) is 0 Å². The van der Waals surface area contributed by atoms with Crippen LogP contribution < -0.4 is 0 Å². The van der Waals surface area contributed by atoms with Gasteiger partial charge < -0.3 is 9.88 Å². The first-order chi connectivity index (χ1) is 11.5. The van der Waals surface area contributed by atoms with Gasteiger partial charge in [-0.25, -0.2) is 14.4 Å². The largest absolute Gasteiger partial charge is 0.340 e. The second-order valence-corrected chi connectivity index (χ2v) is 7.29. The third-order valence-electron chi connectivity index (χ3n) is 4.39. The van der Waals surface area contributed by atoms with E-state index in [9.17, 15) is 9.18 Å². The molecule has 1 N–H and O–H groups in total. The van der Waals surface area contributed by atoms with E-state index >= 15 is 0 Å². The molecule has 0 saturated carbocycles. The molecule has 0 bridgehead atoms. The van der Waals surface area contributed by atoms with Gasteiger partial charge in [-0.05, 0) is 44.9 Å². The van der Waals surface area contributed by atoms with Crippen LogP contribution in [0.1, 0.15) is 45.1 Å². The number of nitrogens with one attached hydrogen (secondary N) is 1. The molecule has 7 heteroatoms. The maximum Gasteiger partial charge on any atom is 0.266 e. The molecule has 1 aromatic carbocycles. The number of rotatable bonds is 2. The normalized spacial score (nSPS) is 17.8. The van der Waals surface area contributed by atoms with E-state index in [1.165, 1.54) is 23.5 Å². The number of thiazole rings is 1. The third-order valence-corrected chi connectivity index (χ3v) is 5.45. The minimum atomic E-state index is -0.298. The summed E-state index contributed by atoms with van der Waals surface area (Å²) in [5.41, 5.74) is 2.16. The van der Waals surface area contributed by atoms with Gasteiger partial charge in [0.25, 0.3) is 5.91 Å². The average molecular weight is 344 g/mol. The zero-order valence-electron chi connectivity index (χ0n) is 13.5. The van der Waals surface area contributed by atoms with Crippen LogP contribution in [0, 0.1) is 19.7 Å². The van der Waals surface area contributed by atoms with Gasteiger partial charge in [0.1, 0.15) is 16.5 Å². The maximum absolute atomic E-state index is 13.4. The van der Waals surface area contributed by atoms with Crippen molar-refractivity contribution in [3.8, 4) is 0 Å². The molecule has 0 unspecified atom stereocenters. The fourth-order valence-electron chi connectivity index (χ4n) is 3.31. The molecule has 4 rings (SSSR count). The van der Waals surface area contributed by atoms with Crippen LogP contribution in [-0.2, 0) is 0 Å². The summed E-state index contributed by atoms with van der Waals surface area (Å²) in [6, 6.07) is 4.38. The van der Waals surface area contributed by atoms with Crippen LogP contribution in [0.2, 0.25) is 0 Å². The Labute approximate surface area is 142 Å². The summed E-state index contributed by atoms with van der Waals surface area (Å²) in [5.74, 6) is 0.431. The number of nitrogens with zero attached hydrogens (tertiary/aromatic N) is 3. The minimum absolute atomic E-state index is 0.00670. The van der Waals surface area contributed by atoms with E-state index in [4.69, 9.17) is 0 Å². The lowest BCUT2D eigenvalue weighted by atomic mass is 10.2. The van der Waals surface area contributed by atoms with Crippen LogP contribution in [0.4, 0.5) is 4.39 Å². The number of aromatic amines is 1. The lowest BCUT2D eigenvalue weighted by molar-refractivity contribution is 0.0734. The molecule has 5 nitrogen and oxygen atoms in total. The SMILES string of the molecule is Cc1nc(C)c(C(=O)N2CCC[C@@H]2c2nc3ccc(F)cc3[nH]2)s1. The first-order valence-electron chi connectivity index (χ1n) is 7.93. The molecule has 24 heavy (non-hydrogen) atoms. The Bertz CT molecular complexity index is 932. The van der Waals surface area contributed by atoms with E-state index in [0.717, 1.165) is 34.9 Å². The standard InChI is InChI=1S/C17H17FN4OS/c1-9-15(24-10(2)19-9)17(23)22-7-3-4-14(22)16-20-12-6-5-11(18)8-13(12)21-16/h5-6,8,14H,3-4,7H2,1-2H3,(H,20,21)/t14-/m1/s1. The van der Waals surface area contributed by atoms with Gasteiger partial charge in [-0.1, -0.05) is 0 Å². The van der Waals surface area contributed by atoms with E-state index in [1.54, 1.807) is 6.07 Å². The summed E-state index contributed by atoms with van der Waals surface area (Å²) in [7, 11) is 0. The zero-order chi connectivity index (χ0) is 16.8. The number of likely N-dealkylation sites (tertiary alicyclic amines) is 1. The molecule has 1 aliphatic rings. The number of hydrogen-bond acceptors (Lipinski definition) is 4. The van der Waals surface area contributed by atoms with Gasteiger partial charge >= 0.3 is 0 Å². The minimum Gasteiger partial charge on any atom is -0.340 e. The molecule has 0 radical (unpaired) electrons. The van der Waals surface area contributed by atoms with Gasteiger partial charge in [0.05, 0.1) is 27.8 Å². The predicted molar refractivity (Wildman–Crippen MR) is 90.7 cm³/mol. The fraction of sp³-hybridized carbons (Fsp3) is 0.353. The maximum atomic E-state index is 13.4. The van der Waals surface area contributed by atoms with Crippen LogP contribution >= 0.6 is 11.3 Å². The van der Waals surface area contributed by atoms with Crippen LogP contribution in [0.25, 0.3) is 11.0 Å². The Balaban J connectivity index is 1.68. The summed E-state index contributed by atoms with van der Waals surface area (Å²) in [4.78, 5) is 27.6. The highest BCUT2D eigenvalue weighted by Gasteiger charge is 2.34. The van der Waals surface area contributed by atoms with Crippen LogP contribution in [0.3, 0.4) is 0 Å². The Morgan fingerprint density at radius 2 is 2.21 bits per heavy atom. The van der Waals surface area contributed by atoms with E-state index in [0.29, 0.717) is 16.9 Å². The van der Waals surface area contributed by atoms with E-state index in [1.807, 2.05) is 18.7 Å². The van der Waals surface area contributed by atoms with Gasteiger partial charge in [-0.3, -0.25) is 4.79 Å². The second kappa shape index (κ2) is 5.66. The van der Waals surface area contributed by atoms with Gasteiger partial charge in [0, 0.05) is 6.54 Å². The number of carbonyl (C=O) groups is 1. The van der Waals surface area contributed by atoms with Crippen molar-refractivity contribution in [3.05, 3.63) is 45.4 Å². The molecule has 1 atom stereocenters. The Kier molecular flexibility index (Phi) is 3.60. The highest BCUT2D eigenvalue weighted by molar-refractivity contribution is 7.13. The lowest BCUT2D eigenvalue weighted by Gasteiger charge is -2.22. The monoisotopic (exact) mass is 344 g/mol. The average Bonchev–Trinajstić information content (AvgIpc) is 3.23. The number of aryl methyl sites for hydroxylation is 2. The highest BCUT2D eigenvalue weighted by atomic mass is 32.1. The molecule has 1 saturated heterocycles. The molecule has 1 fully saturated rings. The van der Waals surface area contributed by atoms with Gasteiger partial charge in [-0.15, -0.1) is 11.3 Å². The third kappa shape index (κ3) is 2.49. The van der Waals surface area contributed by atoms with Crippen LogP contribution in [-0.4, -0.2) is 32.3 Å². The quantitative estimate of drug-likeness (QED) is 0.770. The summed E-state index contributed by atoms with van der Waals surface area (Å²) in [6.07, 6.45) is 1.78. The van der Waals surface area contributed by atoms with Crippen LogP contribution in [0.15, 0.2) is 18.2 Å². The molecule has 3 heterocycles. The number of halogens is 1. The van der Waals surface area contributed by atoms with Crippen LogP contribution in [0.5, 0.6) is 0 Å². The summed E-state index contributed by atoms with van der Waals surface area (Å²) >= 11 is 1.43. The van der Waals surface area contributed by atoms with Gasteiger partial charge in [0.2, 0.25) is 0 Å². The number of imidazole rings is 1. The topological polar surface area (TPSA) is 61.9 Å². The molecular weight excluding hydrogens is 327 g/mol. The zero-order valence-corrected chi connectivity index (χ0v) is 14.3. The van der Waals surface area contributed by atoms with Crippen molar-refractivity contribution >= 4 is 28.3 Å². The molecule has 2 aromatic heterocycles. The Morgan fingerprint density at radius 3 is 2.96 bits per heavy atom. The van der Waals surface area contributed by atoms with Gasteiger partial charge in [-0.2, -0.15) is 0 Å². The molecule has 0 aliphatic carbocycles. The molecular formula is C17H17FN4OS. The number of fused-ring (bicyclic) bond motifs is 1. The lowest BCUT2D eigenvalue weighted by Crippen LogP contribution is -2.31. The van der Waals surface area contributed by atoms with E-state index in [2.05, 4.69) is 15.0 Å². The van der Waals surface area contributed by atoms with Gasteiger partial charge in [0.15, 0.2) is 0 Å². The van der Waals surface area contributed by atoms with Crippen molar-refractivity contribution in [2.24, 2.45) is 0 Å². The van der Waals surface area contributed by atoms with Crippen molar-refractivity contribution in [3.63, 3.8) is 0 Å². The summed E-state index contributed by atoms with van der Waals surface area (Å²) in [6.45, 7) is 4.47. The van der Waals surface area contributed by atoms with Crippen molar-refractivity contribution in [2.45, 2.75) is 32.7 Å². The van der Waals surface area contributed by atoms with E-state index < -0.39 is 0 Å². The summed E-state index contributed by atoms with van der Waals surface area (Å²) < 4.78 is 13.4. The van der Waals surface area contributed by atoms with E-state index in [-0.39, 0.29) is 17.8 Å². The number of carbonyl (C=O) groups excluding carboxylic acids is 1. The molecule has 0 spiro atoms. The number of H-pyrrole nitrogens is 1.